The number of rotatable bonds is 3. The van der Waals surface area contributed by atoms with Gasteiger partial charge in [0.05, 0.1) is 5.71 Å². The van der Waals surface area contributed by atoms with Crippen molar-refractivity contribution in [1.29, 1.82) is 5.41 Å². The zero-order valence-corrected chi connectivity index (χ0v) is 9.98. The first-order valence-corrected chi connectivity index (χ1v) is 5.71. The molecule has 84 valence electrons. The van der Waals surface area contributed by atoms with Gasteiger partial charge in [0.1, 0.15) is 0 Å². The highest BCUT2D eigenvalue weighted by atomic mass is 35.5. The van der Waals surface area contributed by atoms with Gasteiger partial charge in [0, 0.05) is 5.02 Å². The molecular formula is C15H12ClN. The van der Waals surface area contributed by atoms with Crippen molar-refractivity contribution in [2.24, 2.45) is 0 Å². The summed E-state index contributed by atoms with van der Waals surface area (Å²) in [6, 6.07) is 17.2. The Morgan fingerprint density at radius 1 is 0.941 bits per heavy atom. The molecule has 0 aromatic heterocycles. The molecule has 0 atom stereocenters. The predicted octanol–water partition coefficient (Wildman–Crippen LogP) is 4.42. The molecule has 0 saturated carbocycles. The Bertz CT molecular complexity index is 527. The lowest BCUT2D eigenvalue weighted by Crippen LogP contribution is -1.92. The molecule has 1 N–H and O–H groups in total. The molecule has 0 unspecified atom stereocenters. The Labute approximate surface area is 106 Å². The molecule has 2 aromatic carbocycles. The maximum absolute atomic E-state index is 7.91. The lowest BCUT2D eigenvalue weighted by molar-refractivity contribution is 1.49. The minimum absolute atomic E-state index is 0.501. The van der Waals surface area contributed by atoms with Gasteiger partial charge in [-0.25, -0.2) is 0 Å². The van der Waals surface area contributed by atoms with Crippen LogP contribution in [0.3, 0.4) is 0 Å². The third kappa shape index (κ3) is 3.30. The second-order valence-corrected chi connectivity index (χ2v) is 4.10. The summed E-state index contributed by atoms with van der Waals surface area (Å²) in [5.41, 5.74) is 2.45. The second kappa shape index (κ2) is 5.46. The molecule has 0 heterocycles. The second-order valence-electron chi connectivity index (χ2n) is 3.66. The minimum atomic E-state index is 0.501. The fraction of sp³-hybridized carbons (Fsp3) is 0. The summed E-state index contributed by atoms with van der Waals surface area (Å²) in [7, 11) is 0. The van der Waals surface area contributed by atoms with Crippen LogP contribution in [0.15, 0.2) is 60.7 Å². The number of hydrogen-bond acceptors (Lipinski definition) is 1. The summed E-state index contributed by atoms with van der Waals surface area (Å²) in [4.78, 5) is 0. The lowest BCUT2D eigenvalue weighted by Gasteiger charge is -1.98. The van der Waals surface area contributed by atoms with E-state index >= 15 is 0 Å². The standard InChI is InChI=1S/C15H12ClN/c16-14-9-6-12(7-10-14)8-11-15(17)13-4-2-1-3-5-13/h1-11,17H/b11-8+,17-15?. The van der Waals surface area contributed by atoms with Crippen LogP contribution >= 0.6 is 11.6 Å². The first-order valence-electron chi connectivity index (χ1n) is 5.33. The van der Waals surface area contributed by atoms with Gasteiger partial charge in [-0.15, -0.1) is 0 Å². The van der Waals surface area contributed by atoms with Crippen LogP contribution in [0.4, 0.5) is 0 Å². The Morgan fingerprint density at radius 3 is 2.24 bits per heavy atom. The Hall–Kier alpha value is -1.86. The van der Waals surface area contributed by atoms with Crippen molar-refractivity contribution in [1.82, 2.24) is 0 Å². The van der Waals surface area contributed by atoms with Crippen LogP contribution in [0.2, 0.25) is 5.02 Å². The molecular weight excluding hydrogens is 230 g/mol. The third-order valence-corrected chi connectivity index (χ3v) is 2.65. The van der Waals surface area contributed by atoms with Crippen LogP contribution in [0.25, 0.3) is 6.08 Å². The molecule has 1 nitrogen and oxygen atoms in total. The van der Waals surface area contributed by atoms with Crippen molar-refractivity contribution in [3.05, 3.63) is 76.8 Å². The first kappa shape index (κ1) is 11.6. The zero-order valence-electron chi connectivity index (χ0n) is 9.23. The SMILES string of the molecule is N=C(/C=C/c1ccc(Cl)cc1)c1ccccc1. The van der Waals surface area contributed by atoms with E-state index in [1.165, 1.54) is 0 Å². The average molecular weight is 242 g/mol. The molecule has 2 aromatic rings. The van der Waals surface area contributed by atoms with Crippen molar-refractivity contribution in [3.8, 4) is 0 Å². The summed E-state index contributed by atoms with van der Waals surface area (Å²) < 4.78 is 0. The van der Waals surface area contributed by atoms with E-state index in [0.717, 1.165) is 16.1 Å². The van der Waals surface area contributed by atoms with Crippen molar-refractivity contribution in [2.45, 2.75) is 0 Å². The summed E-state index contributed by atoms with van der Waals surface area (Å²) >= 11 is 5.80. The van der Waals surface area contributed by atoms with E-state index in [1.807, 2.05) is 60.7 Å². The van der Waals surface area contributed by atoms with Gasteiger partial charge in [0.15, 0.2) is 0 Å². The molecule has 2 rings (SSSR count). The molecule has 0 aliphatic heterocycles. The van der Waals surface area contributed by atoms with Crippen LogP contribution in [-0.4, -0.2) is 5.71 Å². The van der Waals surface area contributed by atoms with Gasteiger partial charge in [-0.2, -0.15) is 0 Å². The number of nitrogens with one attached hydrogen (secondary N) is 1. The van der Waals surface area contributed by atoms with Crippen molar-refractivity contribution in [3.63, 3.8) is 0 Å². The maximum Gasteiger partial charge on any atom is 0.0612 e. The van der Waals surface area contributed by atoms with Gasteiger partial charge < -0.3 is 5.41 Å². The van der Waals surface area contributed by atoms with Gasteiger partial charge in [0.25, 0.3) is 0 Å². The number of hydrogen-bond donors (Lipinski definition) is 1. The van der Waals surface area contributed by atoms with Gasteiger partial charge >= 0.3 is 0 Å². The van der Waals surface area contributed by atoms with Gasteiger partial charge in [-0.05, 0) is 29.3 Å². The fourth-order valence-corrected chi connectivity index (χ4v) is 1.59. The number of benzene rings is 2. The van der Waals surface area contributed by atoms with E-state index in [4.69, 9.17) is 17.0 Å². The molecule has 2 heteroatoms. The molecule has 0 aliphatic carbocycles. The van der Waals surface area contributed by atoms with E-state index in [2.05, 4.69) is 0 Å². The summed E-state index contributed by atoms with van der Waals surface area (Å²) in [6.07, 6.45) is 3.70. The van der Waals surface area contributed by atoms with Crippen molar-refractivity contribution < 1.29 is 0 Å². The van der Waals surface area contributed by atoms with Crippen LogP contribution < -0.4 is 0 Å². The van der Waals surface area contributed by atoms with E-state index < -0.39 is 0 Å². The van der Waals surface area contributed by atoms with Crippen LogP contribution in [0, 0.1) is 5.41 Å². The highest BCUT2D eigenvalue weighted by Crippen LogP contribution is 2.11. The van der Waals surface area contributed by atoms with Crippen molar-refractivity contribution >= 4 is 23.4 Å². The molecule has 0 saturated heterocycles. The average Bonchev–Trinajstić information content (AvgIpc) is 2.39. The van der Waals surface area contributed by atoms with Crippen LogP contribution in [-0.2, 0) is 0 Å². The van der Waals surface area contributed by atoms with E-state index in [0.29, 0.717) is 5.71 Å². The fourth-order valence-electron chi connectivity index (χ4n) is 1.47. The number of allylic oxidation sites excluding steroid dienone is 1. The molecule has 0 amide bonds. The largest absolute Gasteiger partial charge is 0.300 e. The Balaban J connectivity index is 2.11. The van der Waals surface area contributed by atoms with Gasteiger partial charge in [-0.1, -0.05) is 60.1 Å². The summed E-state index contributed by atoms with van der Waals surface area (Å²) in [6.45, 7) is 0. The molecule has 0 fully saturated rings. The normalized spacial score (nSPS) is 10.6. The zero-order chi connectivity index (χ0) is 12.1. The molecule has 0 radical (unpaired) electrons. The van der Waals surface area contributed by atoms with Gasteiger partial charge in [-0.3, -0.25) is 0 Å². The Morgan fingerprint density at radius 2 is 1.59 bits per heavy atom. The molecule has 0 aliphatic rings. The Kier molecular flexibility index (Phi) is 3.73. The minimum Gasteiger partial charge on any atom is -0.300 e. The van der Waals surface area contributed by atoms with Crippen LogP contribution in [0.5, 0.6) is 0 Å². The highest BCUT2D eigenvalue weighted by Gasteiger charge is 1.95. The molecule has 17 heavy (non-hydrogen) atoms. The molecule has 0 spiro atoms. The lowest BCUT2D eigenvalue weighted by atomic mass is 10.1. The van der Waals surface area contributed by atoms with E-state index in [1.54, 1.807) is 6.08 Å². The van der Waals surface area contributed by atoms with E-state index in [-0.39, 0.29) is 0 Å². The highest BCUT2D eigenvalue weighted by molar-refractivity contribution is 6.30. The first-order chi connectivity index (χ1) is 8.25. The van der Waals surface area contributed by atoms with Crippen molar-refractivity contribution in [2.75, 3.05) is 0 Å². The monoisotopic (exact) mass is 241 g/mol. The number of halogens is 1. The quantitative estimate of drug-likeness (QED) is 0.770. The maximum atomic E-state index is 7.91. The van der Waals surface area contributed by atoms with E-state index in [9.17, 15) is 0 Å². The van der Waals surface area contributed by atoms with Gasteiger partial charge in [0.2, 0.25) is 0 Å². The summed E-state index contributed by atoms with van der Waals surface area (Å²) in [5.74, 6) is 0. The molecule has 0 bridgehead atoms. The summed E-state index contributed by atoms with van der Waals surface area (Å²) in [5, 5.41) is 8.63. The topological polar surface area (TPSA) is 23.9 Å². The predicted molar refractivity (Wildman–Crippen MR) is 73.8 cm³/mol. The van der Waals surface area contributed by atoms with Crippen LogP contribution in [0.1, 0.15) is 11.1 Å². The third-order valence-electron chi connectivity index (χ3n) is 2.40. The smallest absolute Gasteiger partial charge is 0.0612 e.